The summed E-state index contributed by atoms with van der Waals surface area (Å²) in [5, 5.41) is 3.99. The van der Waals surface area contributed by atoms with Crippen LogP contribution in [0.25, 0.3) is 0 Å². The predicted octanol–water partition coefficient (Wildman–Crippen LogP) is 1.90. The summed E-state index contributed by atoms with van der Waals surface area (Å²) in [5.41, 5.74) is 0.873. The summed E-state index contributed by atoms with van der Waals surface area (Å²) in [6, 6.07) is 7.04. The van der Waals surface area contributed by atoms with Gasteiger partial charge in [-0.15, -0.1) is 0 Å². The van der Waals surface area contributed by atoms with Crippen LogP contribution in [0.1, 0.15) is 25.3 Å². The lowest BCUT2D eigenvalue weighted by molar-refractivity contribution is -0.156. The molecular formula is C18H24ClN3O2. The molecule has 2 atom stereocenters. The molecule has 24 heavy (non-hydrogen) atoms. The Labute approximate surface area is 147 Å². The molecule has 3 rings (SSSR count). The fourth-order valence-electron chi connectivity index (χ4n) is 3.53. The third kappa shape index (κ3) is 3.73. The number of hydrogen-bond acceptors (Lipinski definition) is 3. The number of nitrogens with one attached hydrogen (secondary N) is 1. The maximum absolute atomic E-state index is 12.7. The van der Waals surface area contributed by atoms with Crippen LogP contribution in [0.3, 0.4) is 0 Å². The lowest BCUT2D eigenvalue weighted by Crippen LogP contribution is -2.59. The second-order valence-corrected chi connectivity index (χ2v) is 7.13. The maximum Gasteiger partial charge on any atom is 0.245 e. The van der Waals surface area contributed by atoms with Crippen molar-refractivity contribution in [3.63, 3.8) is 0 Å². The Morgan fingerprint density at radius 1 is 1.29 bits per heavy atom. The number of carbonyl (C=O) groups is 2. The summed E-state index contributed by atoms with van der Waals surface area (Å²) in [6.07, 6.45) is 2.24. The van der Waals surface area contributed by atoms with Crippen LogP contribution in [0.5, 0.6) is 0 Å². The van der Waals surface area contributed by atoms with Crippen molar-refractivity contribution < 1.29 is 9.59 Å². The zero-order valence-corrected chi connectivity index (χ0v) is 14.8. The van der Waals surface area contributed by atoms with Gasteiger partial charge in [0, 0.05) is 18.1 Å². The number of nitrogens with zero attached hydrogens (tertiary/aromatic N) is 2. The minimum Gasteiger partial charge on any atom is -0.329 e. The van der Waals surface area contributed by atoms with Crippen molar-refractivity contribution in [2.45, 2.75) is 32.4 Å². The third-order valence-corrected chi connectivity index (χ3v) is 5.32. The molecule has 2 fully saturated rings. The summed E-state index contributed by atoms with van der Waals surface area (Å²) < 4.78 is 0. The first-order valence-electron chi connectivity index (χ1n) is 8.58. The van der Waals surface area contributed by atoms with E-state index >= 15 is 0 Å². The Bertz CT molecular complexity index is 616. The average molecular weight is 350 g/mol. The largest absolute Gasteiger partial charge is 0.329 e. The monoisotopic (exact) mass is 349 g/mol. The first-order valence-corrected chi connectivity index (χ1v) is 8.96. The van der Waals surface area contributed by atoms with Crippen LogP contribution < -0.4 is 5.32 Å². The van der Waals surface area contributed by atoms with Gasteiger partial charge in [-0.05, 0) is 50.4 Å². The van der Waals surface area contributed by atoms with Gasteiger partial charge >= 0.3 is 0 Å². The Kier molecular flexibility index (Phi) is 5.41. The average Bonchev–Trinajstić information content (AvgIpc) is 2.59. The maximum atomic E-state index is 12.7. The molecule has 5 nitrogen and oxygen atoms in total. The summed E-state index contributed by atoms with van der Waals surface area (Å²) in [7, 11) is 0. The van der Waals surface area contributed by atoms with Crippen LogP contribution in [-0.4, -0.2) is 53.8 Å². The number of carbonyl (C=O) groups excluding carboxylic acids is 2. The van der Waals surface area contributed by atoms with Crippen molar-refractivity contribution in [3.8, 4) is 0 Å². The van der Waals surface area contributed by atoms with E-state index in [0.717, 1.165) is 31.5 Å². The van der Waals surface area contributed by atoms with E-state index in [9.17, 15) is 9.59 Å². The molecule has 2 amide bonds. The van der Waals surface area contributed by atoms with Gasteiger partial charge in [0.2, 0.25) is 11.8 Å². The van der Waals surface area contributed by atoms with E-state index in [2.05, 4.69) is 5.32 Å². The normalized spacial score (nSPS) is 25.2. The van der Waals surface area contributed by atoms with Gasteiger partial charge in [0.1, 0.15) is 12.6 Å². The zero-order valence-electron chi connectivity index (χ0n) is 14.0. The standard InChI is InChI=1S/C18H24ClN3O2/c1-13-18(24)21(11-15-6-2-3-7-16(15)19)12-17(23)22(13)10-14-5-4-8-20-9-14/h2-3,6-7,13-14,20H,4-5,8-12H2,1H3/t13-,14-/m0/s1. The van der Waals surface area contributed by atoms with Crippen LogP contribution in [0.2, 0.25) is 5.02 Å². The lowest BCUT2D eigenvalue weighted by atomic mass is 9.97. The van der Waals surface area contributed by atoms with E-state index in [-0.39, 0.29) is 18.4 Å². The molecule has 2 aliphatic rings. The number of piperazine rings is 1. The first kappa shape index (κ1) is 17.2. The topological polar surface area (TPSA) is 52.7 Å². The van der Waals surface area contributed by atoms with E-state index < -0.39 is 6.04 Å². The van der Waals surface area contributed by atoms with E-state index in [1.807, 2.05) is 25.1 Å². The minimum atomic E-state index is -0.407. The van der Waals surface area contributed by atoms with Crippen molar-refractivity contribution in [1.29, 1.82) is 0 Å². The number of hydrogen-bond donors (Lipinski definition) is 1. The summed E-state index contributed by atoms with van der Waals surface area (Å²) in [6.45, 7) is 4.98. The van der Waals surface area contributed by atoms with Crippen molar-refractivity contribution in [1.82, 2.24) is 15.1 Å². The van der Waals surface area contributed by atoms with E-state index in [1.54, 1.807) is 15.9 Å². The summed E-state index contributed by atoms with van der Waals surface area (Å²) in [5.74, 6) is 0.464. The van der Waals surface area contributed by atoms with Crippen molar-refractivity contribution in [3.05, 3.63) is 34.9 Å². The molecule has 130 valence electrons. The molecule has 0 saturated carbocycles. The van der Waals surface area contributed by atoms with Crippen molar-refractivity contribution >= 4 is 23.4 Å². The predicted molar refractivity (Wildman–Crippen MR) is 93.6 cm³/mol. The van der Waals surface area contributed by atoms with Gasteiger partial charge in [-0.2, -0.15) is 0 Å². The third-order valence-electron chi connectivity index (χ3n) is 4.96. The van der Waals surface area contributed by atoms with Gasteiger partial charge in [0.05, 0.1) is 0 Å². The van der Waals surface area contributed by atoms with Crippen LogP contribution in [0.15, 0.2) is 24.3 Å². The summed E-state index contributed by atoms with van der Waals surface area (Å²) >= 11 is 6.18. The number of benzene rings is 1. The fourth-order valence-corrected chi connectivity index (χ4v) is 3.73. The van der Waals surface area contributed by atoms with E-state index in [1.165, 1.54) is 0 Å². The Morgan fingerprint density at radius 3 is 2.79 bits per heavy atom. The van der Waals surface area contributed by atoms with Gasteiger partial charge in [-0.3, -0.25) is 9.59 Å². The molecule has 6 heteroatoms. The van der Waals surface area contributed by atoms with Crippen molar-refractivity contribution in [2.24, 2.45) is 5.92 Å². The molecule has 2 heterocycles. The van der Waals surface area contributed by atoms with Gasteiger partial charge < -0.3 is 15.1 Å². The second-order valence-electron chi connectivity index (χ2n) is 6.72. The quantitative estimate of drug-likeness (QED) is 0.903. The SMILES string of the molecule is C[C@H]1C(=O)N(Cc2ccccc2Cl)CC(=O)N1C[C@H]1CCCNC1. The van der Waals surface area contributed by atoms with Gasteiger partial charge in [0.15, 0.2) is 0 Å². The van der Waals surface area contributed by atoms with Crippen LogP contribution in [0, 0.1) is 5.92 Å². The molecule has 1 aromatic rings. The molecule has 0 aliphatic carbocycles. The molecule has 2 saturated heterocycles. The van der Waals surface area contributed by atoms with Gasteiger partial charge in [0.25, 0.3) is 0 Å². The highest BCUT2D eigenvalue weighted by Gasteiger charge is 2.37. The molecule has 0 radical (unpaired) electrons. The fraction of sp³-hybridized carbons (Fsp3) is 0.556. The molecule has 0 spiro atoms. The van der Waals surface area contributed by atoms with E-state index in [4.69, 9.17) is 11.6 Å². The van der Waals surface area contributed by atoms with Crippen LogP contribution in [-0.2, 0) is 16.1 Å². The molecule has 0 aromatic heterocycles. The number of amides is 2. The first-order chi connectivity index (χ1) is 11.6. The highest BCUT2D eigenvalue weighted by atomic mass is 35.5. The number of piperidine rings is 1. The molecule has 0 bridgehead atoms. The molecular weight excluding hydrogens is 326 g/mol. The molecule has 1 aromatic carbocycles. The molecule has 1 N–H and O–H groups in total. The highest BCUT2D eigenvalue weighted by molar-refractivity contribution is 6.31. The zero-order chi connectivity index (χ0) is 17.1. The molecule has 2 aliphatic heterocycles. The lowest BCUT2D eigenvalue weighted by Gasteiger charge is -2.41. The Balaban J connectivity index is 1.66. The number of halogens is 1. The molecule has 0 unspecified atom stereocenters. The van der Waals surface area contributed by atoms with E-state index in [0.29, 0.717) is 24.0 Å². The van der Waals surface area contributed by atoms with Crippen LogP contribution in [0.4, 0.5) is 0 Å². The van der Waals surface area contributed by atoms with Gasteiger partial charge in [-0.1, -0.05) is 29.8 Å². The smallest absolute Gasteiger partial charge is 0.245 e. The second kappa shape index (κ2) is 7.53. The highest BCUT2D eigenvalue weighted by Crippen LogP contribution is 2.22. The minimum absolute atomic E-state index is 0.00158. The Morgan fingerprint density at radius 2 is 2.08 bits per heavy atom. The number of rotatable bonds is 4. The Hall–Kier alpha value is -1.59. The van der Waals surface area contributed by atoms with Gasteiger partial charge in [-0.25, -0.2) is 0 Å². The van der Waals surface area contributed by atoms with Crippen LogP contribution >= 0.6 is 11.6 Å². The van der Waals surface area contributed by atoms with Crippen molar-refractivity contribution in [2.75, 3.05) is 26.2 Å². The summed E-state index contributed by atoms with van der Waals surface area (Å²) in [4.78, 5) is 28.7.